The number of rotatable bonds is 6. The summed E-state index contributed by atoms with van der Waals surface area (Å²) in [6.07, 6.45) is 0.636. The van der Waals surface area contributed by atoms with E-state index in [2.05, 4.69) is 15.5 Å². The number of carboxylic acids is 1. The minimum absolute atomic E-state index is 0.00637. The molecule has 8 heteroatoms. The zero-order chi connectivity index (χ0) is 15.4. The first-order valence-electron chi connectivity index (χ1n) is 6.44. The Morgan fingerprint density at radius 2 is 2.14 bits per heavy atom. The van der Waals surface area contributed by atoms with Gasteiger partial charge in [-0.25, -0.2) is 13.5 Å². The van der Waals surface area contributed by atoms with Crippen molar-refractivity contribution < 1.29 is 18.7 Å². The predicted octanol–water partition coefficient (Wildman–Crippen LogP) is 2.12. The largest absolute Gasteiger partial charge is 0.481 e. The van der Waals surface area contributed by atoms with Gasteiger partial charge in [-0.05, 0) is 34.5 Å². The second-order valence-electron chi connectivity index (χ2n) is 4.69. The van der Waals surface area contributed by atoms with Gasteiger partial charge in [0.25, 0.3) is 0 Å². The Morgan fingerprint density at radius 3 is 2.76 bits per heavy atom. The Bertz CT molecular complexity index is 645. The molecule has 0 spiro atoms. The van der Waals surface area contributed by atoms with Crippen LogP contribution in [0, 0.1) is 17.6 Å². The fraction of sp³-hybridized carbons (Fsp3) is 0.385. The van der Waals surface area contributed by atoms with Gasteiger partial charge in [-0.3, -0.25) is 4.79 Å². The molecule has 0 saturated heterocycles. The van der Waals surface area contributed by atoms with E-state index in [1.807, 2.05) is 6.92 Å². The van der Waals surface area contributed by atoms with Crippen LogP contribution in [0.1, 0.15) is 19.8 Å². The molecule has 1 aromatic carbocycles. The second-order valence-corrected chi connectivity index (χ2v) is 4.69. The van der Waals surface area contributed by atoms with Crippen LogP contribution < -0.4 is 0 Å². The molecule has 1 N–H and O–H groups in total. The van der Waals surface area contributed by atoms with E-state index in [9.17, 15) is 13.6 Å². The van der Waals surface area contributed by atoms with Gasteiger partial charge in [-0.2, -0.15) is 0 Å². The van der Waals surface area contributed by atoms with Crippen LogP contribution in [-0.4, -0.2) is 31.3 Å². The number of aliphatic carboxylic acids is 1. The van der Waals surface area contributed by atoms with Crippen molar-refractivity contribution in [1.82, 2.24) is 20.2 Å². The van der Waals surface area contributed by atoms with Crippen LogP contribution in [0.25, 0.3) is 11.4 Å². The molecule has 2 aromatic rings. The number of hydrogen-bond acceptors (Lipinski definition) is 4. The third-order valence-electron chi connectivity index (χ3n) is 3.18. The van der Waals surface area contributed by atoms with Crippen molar-refractivity contribution in [3.63, 3.8) is 0 Å². The Balaban J connectivity index is 2.25. The third-order valence-corrected chi connectivity index (χ3v) is 3.18. The molecule has 0 amide bonds. The molecule has 21 heavy (non-hydrogen) atoms. The van der Waals surface area contributed by atoms with Crippen molar-refractivity contribution >= 4 is 5.97 Å². The van der Waals surface area contributed by atoms with Crippen molar-refractivity contribution in [3.05, 3.63) is 29.8 Å². The Morgan fingerprint density at radius 1 is 1.38 bits per heavy atom. The summed E-state index contributed by atoms with van der Waals surface area (Å²) in [5.41, 5.74) is 0.337. The quantitative estimate of drug-likeness (QED) is 0.883. The summed E-state index contributed by atoms with van der Waals surface area (Å²) in [6.45, 7) is 2.17. The van der Waals surface area contributed by atoms with Crippen molar-refractivity contribution in [3.8, 4) is 11.4 Å². The van der Waals surface area contributed by atoms with Crippen LogP contribution in [0.5, 0.6) is 0 Å². The van der Waals surface area contributed by atoms with Gasteiger partial charge in [0, 0.05) is 18.5 Å². The van der Waals surface area contributed by atoms with Gasteiger partial charge in [0.05, 0.1) is 0 Å². The molecule has 0 aliphatic heterocycles. The molecule has 0 aliphatic rings. The van der Waals surface area contributed by atoms with Crippen LogP contribution in [0.2, 0.25) is 0 Å². The predicted molar refractivity (Wildman–Crippen MR) is 69.2 cm³/mol. The van der Waals surface area contributed by atoms with E-state index in [0.29, 0.717) is 18.5 Å². The second kappa shape index (κ2) is 6.38. The molecular formula is C13H14F2N4O2. The number of hydrogen-bond donors (Lipinski definition) is 1. The van der Waals surface area contributed by atoms with Crippen LogP contribution >= 0.6 is 0 Å². The first kappa shape index (κ1) is 15.0. The summed E-state index contributed by atoms with van der Waals surface area (Å²) >= 11 is 0. The van der Waals surface area contributed by atoms with Crippen molar-refractivity contribution in [2.24, 2.45) is 5.92 Å². The Kier molecular flexibility index (Phi) is 4.56. The smallest absolute Gasteiger partial charge is 0.303 e. The van der Waals surface area contributed by atoms with Gasteiger partial charge >= 0.3 is 5.97 Å². The highest BCUT2D eigenvalue weighted by atomic mass is 19.2. The summed E-state index contributed by atoms with van der Waals surface area (Å²) in [5, 5.41) is 19.9. The topological polar surface area (TPSA) is 80.9 Å². The number of nitrogens with zero attached hydrogens (tertiary/aromatic N) is 4. The summed E-state index contributed by atoms with van der Waals surface area (Å²) < 4.78 is 27.6. The Hall–Kier alpha value is -2.38. The van der Waals surface area contributed by atoms with E-state index in [1.54, 1.807) is 0 Å². The lowest BCUT2D eigenvalue weighted by atomic mass is 10.0. The number of carboxylic acid groups (broad SMARTS) is 1. The molecule has 112 valence electrons. The van der Waals surface area contributed by atoms with E-state index < -0.39 is 17.6 Å². The molecular weight excluding hydrogens is 282 g/mol. The maximum absolute atomic E-state index is 13.3. The van der Waals surface area contributed by atoms with Crippen molar-refractivity contribution in [2.45, 2.75) is 26.3 Å². The van der Waals surface area contributed by atoms with Crippen molar-refractivity contribution in [1.29, 1.82) is 0 Å². The lowest BCUT2D eigenvalue weighted by Gasteiger charge is -2.13. The summed E-state index contributed by atoms with van der Waals surface area (Å²) in [5.74, 6) is -2.70. The van der Waals surface area contributed by atoms with Gasteiger partial charge in [0.2, 0.25) is 0 Å². The highest BCUT2D eigenvalue weighted by Crippen LogP contribution is 2.20. The molecule has 0 fully saturated rings. The van der Waals surface area contributed by atoms with E-state index in [4.69, 9.17) is 5.11 Å². The standard InChI is InChI=1S/C13H14F2N4O2/c1-2-8(5-12(20)21)7-19-13(16-17-18-19)9-3-4-10(14)11(15)6-9/h3-4,6,8H,2,5,7H2,1H3,(H,20,21). The molecule has 0 saturated carbocycles. The van der Waals surface area contributed by atoms with Gasteiger partial charge in [0.15, 0.2) is 17.5 Å². The van der Waals surface area contributed by atoms with Gasteiger partial charge < -0.3 is 5.11 Å². The van der Waals surface area contributed by atoms with E-state index in [0.717, 1.165) is 12.1 Å². The summed E-state index contributed by atoms with van der Waals surface area (Å²) in [7, 11) is 0. The fourth-order valence-corrected chi connectivity index (χ4v) is 2.00. The molecule has 0 bridgehead atoms. The lowest BCUT2D eigenvalue weighted by Crippen LogP contribution is -2.16. The highest BCUT2D eigenvalue weighted by Gasteiger charge is 2.17. The molecule has 1 unspecified atom stereocenters. The number of benzene rings is 1. The van der Waals surface area contributed by atoms with Crippen LogP contribution in [-0.2, 0) is 11.3 Å². The zero-order valence-corrected chi connectivity index (χ0v) is 11.3. The molecule has 6 nitrogen and oxygen atoms in total. The minimum Gasteiger partial charge on any atom is -0.481 e. The third kappa shape index (κ3) is 3.59. The van der Waals surface area contributed by atoms with Crippen LogP contribution in [0.15, 0.2) is 18.2 Å². The van der Waals surface area contributed by atoms with Crippen LogP contribution in [0.4, 0.5) is 8.78 Å². The van der Waals surface area contributed by atoms with E-state index >= 15 is 0 Å². The van der Waals surface area contributed by atoms with Gasteiger partial charge in [0.1, 0.15) is 0 Å². The molecule has 0 radical (unpaired) electrons. The van der Waals surface area contributed by atoms with Gasteiger partial charge in [-0.15, -0.1) is 5.10 Å². The van der Waals surface area contributed by atoms with E-state index in [-0.39, 0.29) is 18.2 Å². The number of aromatic nitrogens is 4. The first-order chi connectivity index (χ1) is 10.0. The minimum atomic E-state index is -0.986. The maximum Gasteiger partial charge on any atom is 0.303 e. The highest BCUT2D eigenvalue weighted by molar-refractivity contribution is 5.67. The lowest BCUT2D eigenvalue weighted by molar-refractivity contribution is -0.138. The average molecular weight is 296 g/mol. The van der Waals surface area contributed by atoms with Gasteiger partial charge in [-0.1, -0.05) is 13.3 Å². The molecule has 1 heterocycles. The number of halogens is 2. The molecule has 0 aliphatic carbocycles. The molecule has 1 aromatic heterocycles. The Labute approximate surface area is 119 Å². The number of tetrazole rings is 1. The monoisotopic (exact) mass is 296 g/mol. The molecule has 2 rings (SSSR count). The maximum atomic E-state index is 13.3. The molecule has 1 atom stereocenters. The van der Waals surface area contributed by atoms with E-state index in [1.165, 1.54) is 10.7 Å². The summed E-state index contributed by atoms with van der Waals surface area (Å²) in [6, 6.07) is 3.38. The fourth-order valence-electron chi connectivity index (χ4n) is 2.00. The SMILES string of the molecule is CCC(CC(=O)O)Cn1nnnc1-c1ccc(F)c(F)c1. The average Bonchev–Trinajstić information content (AvgIpc) is 2.88. The number of carbonyl (C=O) groups is 1. The summed E-state index contributed by atoms with van der Waals surface area (Å²) in [4.78, 5) is 10.8. The van der Waals surface area contributed by atoms with Crippen molar-refractivity contribution in [2.75, 3.05) is 0 Å². The first-order valence-corrected chi connectivity index (χ1v) is 6.44. The van der Waals surface area contributed by atoms with Crippen LogP contribution in [0.3, 0.4) is 0 Å². The zero-order valence-electron chi connectivity index (χ0n) is 11.3. The normalized spacial score (nSPS) is 12.3.